The van der Waals surface area contributed by atoms with Crippen molar-refractivity contribution in [2.45, 2.75) is 59.5 Å². The number of halogens is 1. The van der Waals surface area contributed by atoms with Gasteiger partial charge in [-0.2, -0.15) is 0 Å². The van der Waals surface area contributed by atoms with E-state index in [1.165, 1.54) is 0 Å². The van der Waals surface area contributed by atoms with Crippen molar-refractivity contribution in [2.24, 2.45) is 17.8 Å². The Balaban J connectivity index is 2.85. The summed E-state index contributed by atoms with van der Waals surface area (Å²) in [5.41, 5.74) is 1.55. The Kier molecular flexibility index (Phi) is 6.81. The van der Waals surface area contributed by atoms with Crippen molar-refractivity contribution in [2.75, 3.05) is 6.61 Å². The van der Waals surface area contributed by atoms with Gasteiger partial charge in [0.1, 0.15) is 11.4 Å². The summed E-state index contributed by atoms with van der Waals surface area (Å²) in [7, 11) is 0. The van der Waals surface area contributed by atoms with Crippen LogP contribution >= 0.6 is 0 Å². The third kappa shape index (κ3) is 3.65. The molecule has 0 heterocycles. The van der Waals surface area contributed by atoms with Crippen LogP contribution in [0.2, 0.25) is 0 Å². The van der Waals surface area contributed by atoms with E-state index >= 15 is 4.39 Å². The van der Waals surface area contributed by atoms with Crippen LogP contribution < -0.4 is 0 Å². The summed E-state index contributed by atoms with van der Waals surface area (Å²) in [6.07, 6.45) is 2.61. The Labute approximate surface area is 157 Å². The molecule has 0 spiro atoms. The molecule has 2 N–H and O–H groups in total. The highest BCUT2D eigenvalue weighted by Crippen LogP contribution is 2.52. The van der Waals surface area contributed by atoms with Gasteiger partial charge in [0.15, 0.2) is 0 Å². The van der Waals surface area contributed by atoms with Crippen LogP contribution in [0, 0.1) is 17.8 Å². The number of hydrogen-bond acceptors (Lipinski definition) is 2. The number of aliphatic hydroxyl groups is 2. The van der Waals surface area contributed by atoms with Gasteiger partial charge in [0.25, 0.3) is 0 Å². The average Bonchev–Trinajstić information content (AvgIpc) is 2.59. The van der Waals surface area contributed by atoms with Gasteiger partial charge in [-0.05, 0) is 47.0 Å². The molecule has 0 fully saturated rings. The first-order chi connectivity index (χ1) is 12.3. The Morgan fingerprint density at radius 1 is 1.12 bits per heavy atom. The summed E-state index contributed by atoms with van der Waals surface area (Å²) in [6, 6.07) is 9.66. The molecule has 144 valence electrons. The molecule has 0 saturated carbocycles. The van der Waals surface area contributed by atoms with Gasteiger partial charge < -0.3 is 10.2 Å². The lowest BCUT2D eigenvalue weighted by Crippen LogP contribution is -2.48. The van der Waals surface area contributed by atoms with Gasteiger partial charge in [-0.15, -0.1) is 0 Å². The zero-order chi connectivity index (χ0) is 19.5. The number of rotatable bonds is 7. The van der Waals surface area contributed by atoms with Gasteiger partial charge in [-0.1, -0.05) is 71.4 Å². The van der Waals surface area contributed by atoms with Crippen LogP contribution in [0.4, 0.5) is 4.39 Å². The first kappa shape index (κ1) is 20.9. The summed E-state index contributed by atoms with van der Waals surface area (Å²) in [4.78, 5) is 0. The van der Waals surface area contributed by atoms with Crippen LogP contribution in [0.5, 0.6) is 0 Å². The molecular formula is C23H33FO2. The molecule has 2 nitrogen and oxygen atoms in total. The third-order valence-corrected chi connectivity index (χ3v) is 5.43. The second-order valence-electron chi connectivity index (χ2n) is 8.04. The lowest BCUT2D eigenvalue weighted by molar-refractivity contribution is -0.0255. The summed E-state index contributed by atoms with van der Waals surface area (Å²) >= 11 is 0. The Hall–Kier alpha value is -1.45. The van der Waals surface area contributed by atoms with Gasteiger partial charge >= 0.3 is 0 Å². The number of hydrogen-bond donors (Lipinski definition) is 2. The zero-order valence-electron chi connectivity index (χ0n) is 16.7. The minimum atomic E-state index is -1.61. The van der Waals surface area contributed by atoms with E-state index in [-0.39, 0.29) is 17.7 Å². The van der Waals surface area contributed by atoms with Crippen molar-refractivity contribution in [1.29, 1.82) is 0 Å². The maximum atomic E-state index is 15.6. The summed E-state index contributed by atoms with van der Waals surface area (Å²) < 4.78 is 15.6. The quantitative estimate of drug-likeness (QED) is 0.672. The normalized spacial score (nSPS) is 24.2. The van der Waals surface area contributed by atoms with Crippen molar-refractivity contribution in [3.63, 3.8) is 0 Å². The molecule has 1 aliphatic rings. The van der Waals surface area contributed by atoms with Crippen LogP contribution in [0.15, 0.2) is 47.3 Å². The molecule has 2 unspecified atom stereocenters. The average molecular weight is 361 g/mol. The zero-order valence-corrected chi connectivity index (χ0v) is 16.7. The maximum absolute atomic E-state index is 15.6. The highest BCUT2D eigenvalue weighted by atomic mass is 19.1. The van der Waals surface area contributed by atoms with Crippen molar-refractivity contribution in [3.8, 4) is 0 Å². The van der Waals surface area contributed by atoms with E-state index in [2.05, 4.69) is 6.92 Å². The number of benzene rings is 1. The van der Waals surface area contributed by atoms with Gasteiger partial charge in [-0.25, -0.2) is 4.39 Å². The van der Waals surface area contributed by atoms with Crippen LogP contribution in [0.1, 0.15) is 59.4 Å². The lowest BCUT2D eigenvalue weighted by atomic mass is 9.64. The van der Waals surface area contributed by atoms with Crippen molar-refractivity contribution < 1.29 is 14.6 Å². The first-order valence-electron chi connectivity index (χ1n) is 9.81. The fourth-order valence-electron chi connectivity index (χ4n) is 4.36. The topological polar surface area (TPSA) is 40.5 Å². The molecule has 0 aromatic heterocycles. The fourth-order valence-corrected chi connectivity index (χ4v) is 4.36. The number of unbranched alkanes of at least 4 members (excludes halogenated alkanes) is 1. The molecule has 26 heavy (non-hydrogen) atoms. The number of allylic oxidation sites excluding steroid dienone is 2. The first-order valence-corrected chi connectivity index (χ1v) is 9.81. The highest BCUT2D eigenvalue weighted by molar-refractivity contribution is 5.81. The monoisotopic (exact) mass is 360 g/mol. The van der Waals surface area contributed by atoms with Gasteiger partial charge in [0, 0.05) is 5.92 Å². The predicted octanol–water partition coefficient (Wildman–Crippen LogP) is 5.52. The van der Waals surface area contributed by atoms with Crippen molar-refractivity contribution in [1.82, 2.24) is 0 Å². The van der Waals surface area contributed by atoms with E-state index in [0.29, 0.717) is 17.6 Å². The summed E-state index contributed by atoms with van der Waals surface area (Å²) in [5.74, 6) is -1.11. The minimum Gasteiger partial charge on any atom is -0.393 e. The summed E-state index contributed by atoms with van der Waals surface area (Å²) in [5, 5.41) is 21.8. The van der Waals surface area contributed by atoms with E-state index in [0.717, 1.165) is 24.0 Å². The standard InChI is InChI=1S/C23H33FO2/c1-6-7-13-18-19(15(2)3)22(24)20(16(4)5)23(26,14-25)21(18)17-11-9-8-10-12-17/h8-12,15-16,20,25-26H,6-7,13-14H2,1-5H3. The van der Waals surface area contributed by atoms with Crippen LogP contribution in [-0.2, 0) is 0 Å². The van der Waals surface area contributed by atoms with Crippen LogP contribution in [-0.4, -0.2) is 22.4 Å². The Morgan fingerprint density at radius 3 is 2.19 bits per heavy atom. The van der Waals surface area contributed by atoms with Crippen molar-refractivity contribution >= 4 is 5.57 Å². The Morgan fingerprint density at radius 2 is 1.73 bits per heavy atom. The molecule has 0 bridgehead atoms. The van der Waals surface area contributed by atoms with Crippen LogP contribution in [0.3, 0.4) is 0 Å². The molecule has 0 aliphatic heterocycles. The van der Waals surface area contributed by atoms with Gasteiger partial charge in [0.05, 0.1) is 6.61 Å². The minimum absolute atomic E-state index is 0.0186. The largest absolute Gasteiger partial charge is 0.393 e. The molecule has 2 atom stereocenters. The molecule has 0 radical (unpaired) electrons. The van der Waals surface area contributed by atoms with E-state index in [1.807, 2.05) is 58.0 Å². The van der Waals surface area contributed by atoms with Gasteiger partial charge in [-0.3, -0.25) is 0 Å². The molecule has 0 amide bonds. The van der Waals surface area contributed by atoms with Crippen molar-refractivity contribution in [3.05, 3.63) is 52.9 Å². The molecule has 2 rings (SSSR count). The molecule has 3 heteroatoms. The smallest absolute Gasteiger partial charge is 0.123 e. The predicted molar refractivity (Wildman–Crippen MR) is 106 cm³/mol. The van der Waals surface area contributed by atoms with E-state index in [9.17, 15) is 10.2 Å². The van der Waals surface area contributed by atoms with Crippen LogP contribution in [0.25, 0.3) is 5.57 Å². The molecule has 0 saturated heterocycles. The van der Waals surface area contributed by atoms with E-state index in [4.69, 9.17) is 0 Å². The third-order valence-electron chi connectivity index (χ3n) is 5.43. The highest BCUT2D eigenvalue weighted by Gasteiger charge is 2.50. The summed E-state index contributed by atoms with van der Waals surface area (Å²) in [6.45, 7) is 9.43. The van der Waals surface area contributed by atoms with E-state index < -0.39 is 18.1 Å². The Bertz CT molecular complexity index is 673. The maximum Gasteiger partial charge on any atom is 0.123 e. The second-order valence-corrected chi connectivity index (χ2v) is 8.04. The molecule has 1 aromatic rings. The number of aliphatic hydroxyl groups excluding tert-OH is 1. The van der Waals surface area contributed by atoms with E-state index in [1.54, 1.807) is 0 Å². The van der Waals surface area contributed by atoms with Gasteiger partial charge in [0.2, 0.25) is 0 Å². The second kappa shape index (κ2) is 8.49. The molecular weight excluding hydrogens is 327 g/mol. The lowest BCUT2D eigenvalue weighted by Gasteiger charge is -2.45. The molecule has 1 aliphatic carbocycles. The molecule has 1 aromatic carbocycles. The fraction of sp³-hybridized carbons (Fsp3) is 0.565. The SMILES string of the molecule is CCCCC1=C(c2ccccc2)C(O)(CO)C(C(C)C)C(F)=C1C(C)C.